The van der Waals surface area contributed by atoms with Crippen molar-refractivity contribution >= 4 is 57.2 Å². The van der Waals surface area contributed by atoms with Gasteiger partial charge in [-0.15, -0.1) is 0 Å². The van der Waals surface area contributed by atoms with Gasteiger partial charge in [-0.1, -0.05) is 26.5 Å². The summed E-state index contributed by atoms with van der Waals surface area (Å²) in [4.78, 5) is 57.2. The van der Waals surface area contributed by atoms with Crippen molar-refractivity contribution in [2.24, 2.45) is 0 Å². The summed E-state index contributed by atoms with van der Waals surface area (Å²) in [5, 5.41) is 0. The lowest BCUT2D eigenvalue weighted by Gasteiger charge is -2.35. The molecule has 11 heteroatoms. The third kappa shape index (κ3) is 4.87. The summed E-state index contributed by atoms with van der Waals surface area (Å²) < 4.78 is 21.9. The summed E-state index contributed by atoms with van der Waals surface area (Å²) in [6.07, 6.45) is 3.02. The summed E-state index contributed by atoms with van der Waals surface area (Å²) in [6, 6.07) is 5.97. The van der Waals surface area contributed by atoms with Crippen molar-refractivity contribution in [1.29, 1.82) is 0 Å². The molecule has 6 heterocycles. The molecule has 48 heavy (non-hydrogen) atoms. The van der Waals surface area contributed by atoms with Crippen molar-refractivity contribution in [3.05, 3.63) is 75.4 Å². The molecule has 0 saturated heterocycles. The van der Waals surface area contributed by atoms with E-state index < -0.39 is 23.6 Å². The van der Waals surface area contributed by atoms with Crippen LogP contribution in [0.25, 0.3) is 39.3 Å². The van der Waals surface area contributed by atoms with E-state index >= 15 is 0 Å². The molecule has 0 unspecified atom stereocenters. The van der Waals surface area contributed by atoms with Crippen molar-refractivity contribution in [3.8, 4) is 0 Å². The minimum atomic E-state index is -2.29. The van der Waals surface area contributed by atoms with Crippen molar-refractivity contribution in [2.75, 3.05) is 21.3 Å². The normalized spacial score (nSPS) is 20.0. The number of methoxy groups -OCH3 is 3. The van der Waals surface area contributed by atoms with Crippen LogP contribution in [0, 0.1) is 13.8 Å². The Balaban J connectivity index is 1.86. The van der Waals surface area contributed by atoms with E-state index in [1.54, 1.807) is 6.92 Å². The van der Waals surface area contributed by atoms with Gasteiger partial charge in [0.15, 0.2) is 0 Å². The van der Waals surface area contributed by atoms with Crippen molar-refractivity contribution in [2.45, 2.75) is 71.5 Å². The van der Waals surface area contributed by atoms with Gasteiger partial charge >= 0.3 is 23.7 Å². The SMILES string of the molecule is C=Cc1c(C)c2cc3nc(c4c5nc(cc6[nH]c(cc1[nH]2)c(C)c6CC)C(C)=C5C(=O)O[C@]4(OC)C(=O)OC)[C@@H](CCC(=O)OC)[C@@H]3C. The van der Waals surface area contributed by atoms with Crippen LogP contribution in [0.2, 0.25) is 0 Å². The molecule has 6 rings (SSSR count). The van der Waals surface area contributed by atoms with E-state index in [0.717, 1.165) is 50.7 Å². The Morgan fingerprint density at radius 1 is 1.00 bits per heavy atom. The van der Waals surface area contributed by atoms with Crippen LogP contribution in [-0.2, 0) is 45.5 Å². The predicted molar refractivity (Wildman–Crippen MR) is 182 cm³/mol. The number of rotatable bonds is 7. The number of aromatic nitrogens is 4. The van der Waals surface area contributed by atoms with Crippen molar-refractivity contribution < 1.29 is 33.3 Å². The second-order valence-electron chi connectivity index (χ2n) is 12.4. The first-order valence-electron chi connectivity index (χ1n) is 16.0. The fourth-order valence-electron chi connectivity index (χ4n) is 7.26. The average molecular weight is 653 g/mol. The number of hydrogen-bond acceptors (Lipinski definition) is 9. The highest BCUT2D eigenvalue weighted by molar-refractivity contribution is 6.27. The number of H-pyrrole nitrogens is 2. The van der Waals surface area contributed by atoms with Gasteiger partial charge in [-0.2, -0.15) is 0 Å². The van der Waals surface area contributed by atoms with Crippen molar-refractivity contribution in [3.63, 3.8) is 0 Å². The number of cyclic esters (lactones) is 1. The monoisotopic (exact) mass is 652 g/mol. The maximum atomic E-state index is 13.8. The minimum absolute atomic E-state index is 0.0950. The van der Waals surface area contributed by atoms with Crippen LogP contribution in [0.15, 0.2) is 24.8 Å². The summed E-state index contributed by atoms with van der Waals surface area (Å²) in [6.45, 7) is 14.1. The van der Waals surface area contributed by atoms with Crippen LogP contribution in [0.5, 0.6) is 0 Å². The van der Waals surface area contributed by atoms with E-state index in [4.69, 9.17) is 28.9 Å². The number of allylic oxidation sites excluding steroid dienone is 1. The van der Waals surface area contributed by atoms with Gasteiger partial charge in [-0.3, -0.25) is 9.78 Å². The number of fused-ring (bicyclic) bond motifs is 8. The summed E-state index contributed by atoms with van der Waals surface area (Å²) in [5.41, 5.74) is 10.5. The number of esters is 3. The Kier molecular flexibility index (Phi) is 8.36. The molecule has 0 aliphatic carbocycles. The van der Waals surface area contributed by atoms with E-state index in [0.29, 0.717) is 29.1 Å². The summed E-state index contributed by atoms with van der Waals surface area (Å²) in [7, 11) is 3.81. The topological polar surface area (TPSA) is 145 Å². The molecule has 3 atom stereocenters. The number of ether oxygens (including phenoxy) is 4. The zero-order chi connectivity index (χ0) is 34.7. The Hall–Kier alpha value is -5.03. The highest BCUT2D eigenvalue weighted by atomic mass is 16.7. The molecule has 3 aromatic heterocycles. The Labute approximate surface area is 278 Å². The van der Waals surface area contributed by atoms with E-state index in [2.05, 4.69) is 36.5 Å². The molecule has 8 bridgehead atoms. The zero-order valence-electron chi connectivity index (χ0n) is 28.5. The Bertz CT molecular complexity index is 2100. The first-order valence-corrected chi connectivity index (χ1v) is 16.0. The van der Waals surface area contributed by atoms with Gasteiger partial charge in [0.2, 0.25) is 0 Å². The number of nitrogens with zero attached hydrogens (tertiary/aromatic N) is 2. The number of aromatic amines is 2. The minimum Gasteiger partial charge on any atom is -0.469 e. The van der Waals surface area contributed by atoms with Crippen LogP contribution in [0.1, 0.15) is 96.0 Å². The van der Waals surface area contributed by atoms with Gasteiger partial charge < -0.3 is 28.9 Å². The molecule has 0 saturated carbocycles. The molecule has 0 aromatic carbocycles. The van der Waals surface area contributed by atoms with E-state index in [-0.39, 0.29) is 35.1 Å². The highest BCUT2D eigenvalue weighted by Gasteiger charge is 2.57. The van der Waals surface area contributed by atoms with Crippen LogP contribution in [0.3, 0.4) is 0 Å². The van der Waals surface area contributed by atoms with E-state index in [1.807, 2.05) is 32.1 Å². The molecule has 11 nitrogen and oxygen atoms in total. The molecule has 0 radical (unpaired) electrons. The molecular weight excluding hydrogens is 612 g/mol. The number of aryl methyl sites for hydroxylation is 3. The van der Waals surface area contributed by atoms with Gasteiger partial charge in [0.25, 0.3) is 0 Å². The molecule has 3 aliphatic heterocycles. The number of carbonyl (C=O) groups excluding carboxylic acids is 3. The van der Waals surface area contributed by atoms with E-state index in [1.165, 1.54) is 21.3 Å². The maximum absolute atomic E-state index is 13.8. The Morgan fingerprint density at radius 3 is 2.35 bits per heavy atom. The molecule has 0 spiro atoms. The highest BCUT2D eigenvalue weighted by Crippen LogP contribution is 2.50. The number of nitrogens with one attached hydrogen (secondary N) is 2. The lowest BCUT2D eigenvalue weighted by atomic mass is 9.82. The molecule has 3 aromatic rings. The molecule has 2 N–H and O–H groups in total. The van der Waals surface area contributed by atoms with Crippen LogP contribution < -0.4 is 0 Å². The third-order valence-electron chi connectivity index (χ3n) is 10.0. The van der Waals surface area contributed by atoms with E-state index in [9.17, 15) is 14.4 Å². The van der Waals surface area contributed by atoms with Gasteiger partial charge in [0, 0.05) is 58.7 Å². The second-order valence-corrected chi connectivity index (χ2v) is 12.4. The molecule has 0 fully saturated rings. The smallest absolute Gasteiger partial charge is 0.385 e. The van der Waals surface area contributed by atoms with Crippen LogP contribution in [0.4, 0.5) is 0 Å². The number of hydrogen-bond donors (Lipinski definition) is 2. The zero-order valence-corrected chi connectivity index (χ0v) is 28.5. The van der Waals surface area contributed by atoms with Gasteiger partial charge in [0.05, 0.1) is 42.4 Å². The molecule has 3 aliphatic rings. The predicted octanol–water partition coefficient (Wildman–Crippen LogP) is 6.44. The first kappa shape index (κ1) is 32.9. The summed E-state index contributed by atoms with van der Waals surface area (Å²) >= 11 is 0. The van der Waals surface area contributed by atoms with Crippen LogP contribution in [-0.4, -0.2) is 59.2 Å². The van der Waals surface area contributed by atoms with Gasteiger partial charge in [-0.05, 0) is 74.1 Å². The second kappa shape index (κ2) is 12.2. The van der Waals surface area contributed by atoms with Crippen LogP contribution >= 0.6 is 0 Å². The lowest BCUT2D eigenvalue weighted by molar-refractivity contribution is -0.238. The largest absolute Gasteiger partial charge is 0.469 e. The average Bonchev–Trinajstić information content (AvgIpc) is 3.75. The van der Waals surface area contributed by atoms with Crippen molar-refractivity contribution in [1.82, 2.24) is 19.9 Å². The third-order valence-corrected chi connectivity index (χ3v) is 10.0. The number of carbonyl (C=O) groups is 3. The lowest BCUT2D eigenvalue weighted by Crippen LogP contribution is -2.47. The standard InChI is InChI=1S/C37H40N4O7/c1-10-21-17(3)24-14-26-19(5)23(12-13-30(42)45-7)33(40-26)32-34-31(35(43)48-37(32,47-9)36(44)46-8)20(6)27(41-34)16-29-22(11-2)18(4)25(39-29)15-28(21)38-24/h10,14-16,19,23,38-39H,1,11-13H2,2-9H3/t19-,23-,37-/m0/s1. The molecule has 0 amide bonds. The molecular formula is C37H40N4O7. The Morgan fingerprint density at radius 2 is 1.71 bits per heavy atom. The molecule has 250 valence electrons. The fourth-order valence-corrected chi connectivity index (χ4v) is 7.26. The quantitative estimate of drug-likeness (QED) is 0.218. The first-order chi connectivity index (χ1) is 22.9. The maximum Gasteiger partial charge on any atom is 0.385 e. The van der Waals surface area contributed by atoms with Gasteiger partial charge in [-0.25, -0.2) is 14.6 Å². The van der Waals surface area contributed by atoms with Gasteiger partial charge in [0.1, 0.15) is 0 Å². The summed E-state index contributed by atoms with van der Waals surface area (Å²) in [5.74, 6) is -5.02. The fraction of sp³-hybridized carbons (Fsp3) is 0.378.